The van der Waals surface area contributed by atoms with Crippen molar-refractivity contribution in [1.29, 1.82) is 0 Å². The van der Waals surface area contributed by atoms with Crippen molar-refractivity contribution < 1.29 is 29.0 Å². The summed E-state index contributed by atoms with van der Waals surface area (Å²) in [5.41, 5.74) is 4.41. The van der Waals surface area contributed by atoms with Crippen LogP contribution in [0, 0.1) is 5.92 Å². The van der Waals surface area contributed by atoms with Gasteiger partial charge in [-0.05, 0) is 80.0 Å². The number of rotatable bonds is 18. The van der Waals surface area contributed by atoms with Crippen molar-refractivity contribution in [3.05, 3.63) is 143 Å². The first-order valence-corrected chi connectivity index (χ1v) is 22.9. The molecule has 1 aliphatic heterocycles. The smallest absolute Gasteiger partial charge is 0.407 e. The Balaban J connectivity index is 1.49. The van der Waals surface area contributed by atoms with Crippen molar-refractivity contribution in [2.45, 2.75) is 88.5 Å². The number of carbonyl (C=O) groups excluding carboxylic acids is 3. The molecular weight excluding hydrogens is 793 g/mol. The lowest BCUT2D eigenvalue weighted by Crippen LogP contribution is -2.60. The molecule has 0 bridgehead atoms. The second-order valence-corrected chi connectivity index (χ2v) is 18.9. The first-order chi connectivity index (χ1) is 28.6. The van der Waals surface area contributed by atoms with Gasteiger partial charge in [-0.25, -0.2) is 9.59 Å². The summed E-state index contributed by atoms with van der Waals surface area (Å²) >= 11 is 3.22. The Morgan fingerprint density at radius 1 is 0.817 bits per heavy atom. The van der Waals surface area contributed by atoms with Gasteiger partial charge in [0.15, 0.2) is 0 Å². The number of hydrogen-bond donors (Lipinski definition) is 3. The molecule has 0 unspecified atom stereocenters. The number of hydrogen-bond acceptors (Lipinski definition) is 8. The second-order valence-electron chi connectivity index (χ2n) is 16.7. The maximum absolute atomic E-state index is 15.0. The number of benzene rings is 4. The quantitative estimate of drug-likeness (QED) is 0.0859. The summed E-state index contributed by atoms with van der Waals surface area (Å²) in [5.74, 6) is -1.03. The van der Waals surface area contributed by atoms with E-state index in [0.29, 0.717) is 11.5 Å². The fraction of sp³-hybridized carbons (Fsp3) is 0.417. The first kappa shape index (κ1) is 46.3. The standard InChI is InChI=1S/C48H60N4O6S2/c1-33(2)42(44(54)52-30-35-20-18-17-19-34(35)29-41(52)43(53)50-40(45(55)56)27-28-59-7)51(6)31-39(49-46(57)58-47(3,4)5)32-60-48(36-21-11-8-12-22-36,37-23-13-9-14-24-37)38-25-15-10-16-26-38/h8-26,33,39-42H,27-32H2,1-7H3,(H,49,57)(H,50,53)(H,55,56)/t39-,40-,41+,42-/m0/s1. The van der Waals surface area contributed by atoms with E-state index < -0.39 is 52.5 Å². The summed E-state index contributed by atoms with van der Waals surface area (Å²) in [6.07, 6.45) is 1.86. The van der Waals surface area contributed by atoms with Gasteiger partial charge in [0.2, 0.25) is 11.8 Å². The van der Waals surface area contributed by atoms with Crippen LogP contribution in [0.1, 0.15) is 68.9 Å². The molecule has 10 nitrogen and oxygen atoms in total. The summed E-state index contributed by atoms with van der Waals surface area (Å²) in [5, 5.41) is 15.9. The van der Waals surface area contributed by atoms with E-state index in [9.17, 15) is 19.5 Å². The number of nitrogens with zero attached hydrogens (tertiary/aromatic N) is 2. The molecular formula is C48H60N4O6S2. The van der Waals surface area contributed by atoms with Gasteiger partial charge in [-0.2, -0.15) is 11.8 Å². The summed E-state index contributed by atoms with van der Waals surface area (Å²) in [4.78, 5) is 58.4. The lowest BCUT2D eigenvalue weighted by atomic mass is 9.84. The van der Waals surface area contributed by atoms with E-state index in [-0.39, 0.29) is 37.8 Å². The van der Waals surface area contributed by atoms with Gasteiger partial charge in [-0.15, -0.1) is 11.8 Å². The molecule has 4 aromatic carbocycles. The molecule has 5 rings (SSSR count). The maximum Gasteiger partial charge on any atom is 0.407 e. The predicted molar refractivity (Wildman–Crippen MR) is 243 cm³/mol. The number of thioether (sulfide) groups is 2. The van der Waals surface area contributed by atoms with E-state index in [1.807, 2.05) is 132 Å². The van der Waals surface area contributed by atoms with Gasteiger partial charge in [0.05, 0.1) is 16.8 Å². The molecule has 3 N–H and O–H groups in total. The number of nitrogens with one attached hydrogen (secondary N) is 2. The van der Waals surface area contributed by atoms with E-state index >= 15 is 4.79 Å². The third-order valence-corrected chi connectivity index (χ3v) is 13.0. The second kappa shape index (κ2) is 21.1. The third kappa shape index (κ3) is 11.7. The highest BCUT2D eigenvalue weighted by molar-refractivity contribution is 8.00. The molecule has 0 saturated heterocycles. The van der Waals surface area contributed by atoms with Gasteiger partial charge in [-0.1, -0.05) is 129 Å². The van der Waals surface area contributed by atoms with Gasteiger partial charge in [-0.3, -0.25) is 14.5 Å². The first-order valence-electron chi connectivity index (χ1n) is 20.5. The Hall–Kier alpha value is -4.78. The molecule has 12 heteroatoms. The maximum atomic E-state index is 15.0. The third-order valence-electron chi connectivity index (χ3n) is 10.7. The molecule has 4 atom stereocenters. The summed E-state index contributed by atoms with van der Waals surface area (Å²) in [6.45, 7) is 9.92. The Bertz CT molecular complexity index is 1930. The molecule has 320 valence electrons. The number of carboxylic acid groups (broad SMARTS) is 1. The SMILES string of the molecule is CSCC[C@H](NC(=O)[C@H]1Cc2ccccc2CN1C(=O)[C@H](C(C)C)N(C)C[C@@H](CSC(c1ccccc1)(c1ccccc1)c1ccccc1)NC(=O)OC(C)(C)C)C(=O)O. The zero-order valence-electron chi connectivity index (χ0n) is 35.8. The number of likely N-dealkylation sites (N-methyl/N-ethyl adjacent to an activating group) is 1. The molecule has 0 aliphatic carbocycles. The van der Waals surface area contributed by atoms with E-state index in [4.69, 9.17) is 4.74 Å². The average Bonchev–Trinajstić information content (AvgIpc) is 3.22. The number of carboxylic acids is 1. The molecule has 0 spiro atoms. The van der Waals surface area contributed by atoms with Crippen molar-refractivity contribution in [2.75, 3.05) is 31.4 Å². The van der Waals surface area contributed by atoms with Gasteiger partial charge in [0, 0.05) is 25.3 Å². The Morgan fingerprint density at radius 2 is 1.33 bits per heavy atom. The van der Waals surface area contributed by atoms with Crippen LogP contribution >= 0.6 is 23.5 Å². The largest absolute Gasteiger partial charge is 0.480 e. The van der Waals surface area contributed by atoms with Crippen LogP contribution in [0.2, 0.25) is 0 Å². The van der Waals surface area contributed by atoms with Crippen molar-refractivity contribution in [1.82, 2.24) is 20.4 Å². The minimum absolute atomic E-state index is 0.191. The van der Waals surface area contributed by atoms with Crippen LogP contribution in [-0.2, 0) is 36.8 Å². The minimum atomic E-state index is -1.11. The molecule has 60 heavy (non-hydrogen) atoms. The lowest BCUT2D eigenvalue weighted by Gasteiger charge is -2.42. The number of aliphatic carboxylic acids is 1. The van der Waals surface area contributed by atoms with Crippen molar-refractivity contribution in [2.24, 2.45) is 5.92 Å². The van der Waals surface area contributed by atoms with Crippen LogP contribution in [0.4, 0.5) is 4.79 Å². The van der Waals surface area contributed by atoms with Gasteiger partial charge in [0.1, 0.15) is 17.7 Å². The van der Waals surface area contributed by atoms with Crippen LogP contribution in [0.15, 0.2) is 115 Å². The molecule has 0 radical (unpaired) electrons. The monoisotopic (exact) mass is 852 g/mol. The topological polar surface area (TPSA) is 128 Å². The van der Waals surface area contributed by atoms with Crippen LogP contribution < -0.4 is 10.6 Å². The highest BCUT2D eigenvalue weighted by Crippen LogP contribution is 2.48. The van der Waals surface area contributed by atoms with Crippen LogP contribution in [0.25, 0.3) is 0 Å². The Kier molecular flexibility index (Phi) is 16.3. The summed E-state index contributed by atoms with van der Waals surface area (Å²) in [7, 11) is 1.88. The average molecular weight is 853 g/mol. The van der Waals surface area contributed by atoms with E-state index in [2.05, 4.69) is 47.0 Å². The number of ether oxygens (including phenoxy) is 1. The molecule has 0 fully saturated rings. The molecule has 1 heterocycles. The van der Waals surface area contributed by atoms with Crippen molar-refractivity contribution in [3.8, 4) is 0 Å². The molecule has 4 aromatic rings. The van der Waals surface area contributed by atoms with Crippen LogP contribution in [-0.4, -0.2) is 99.9 Å². The van der Waals surface area contributed by atoms with E-state index in [1.54, 1.807) is 16.7 Å². The summed E-state index contributed by atoms with van der Waals surface area (Å²) in [6, 6.07) is 35.6. The van der Waals surface area contributed by atoms with E-state index in [0.717, 1.165) is 27.8 Å². The van der Waals surface area contributed by atoms with Crippen molar-refractivity contribution >= 4 is 47.4 Å². The fourth-order valence-corrected chi connectivity index (χ4v) is 9.99. The van der Waals surface area contributed by atoms with Gasteiger partial charge >= 0.3 is 12.1 Å². The van der Waals surface area contributed by atoms with Crippen LogP contribution in [0.3, 0.4) is 0 Å². The summed E-state index contributed by atoms with van der Waals surface area (Å²) < 4.78 is 5.13. The van der Waals surface area contributed by atoms with Gasteiger partial charge in [0.25, 0.3) is 0 Å². The zero-order chi connectivity index (χ0) is 43.5. The van der Waals surface area contributed by atoms with E-state index in [1.165, 1.54) is 11.8 Å². The lowest BCUT2D eigenvalue weighted by molar-refractivity contribution is -0.148. The molecule has 1 aliphatic rings. The zero-order valence-corrected chi connectivity index (χ0v) is 37.4. The highest BCUT2D eigenvalue weighted by atomic mass is 32.2. The van der Waals surface area contributed by atoms with Crippen LogP contribution in [0.5, 0.6) is 0 Å². The minimum Gasteiger partial charge on any atom is -0.480 e. The normalized spacial score (nSPS) is 15.8. The van der Waals surface area contributed by atoms with Gasteiger partial charge < -0.3 is 25.4 Å². The Morgan fingerprint density at radius 3 is 1.82 bits per heavy atom. The van der Waals surface area contributed by atoms with Crippen molar-refractivity contribution in [3.63, 3.8) is 0 Å². The molecule has 0 aromatic heterocycles. The number of amides is 3. The Labute approximate surface area is 364 Å². The molecule has 0 saturated carbocycles. The highest BCUT2D eigenvalue weighted by Gasteiger charge is 2.42. The number of carbonyl (C=O) groups is 4. The fourth-order valence-electron chi connectivity index (χ4n) is 7.97. The number of fused-ring (bicyclic) bond motifs is 1. The predicted octanol–water partition coefficient (Wildman–Crippen LogP) is 7.84. The number of alkyl carbamates (subject to hydrolysis) is 1. The molecule has 3 amide bonds.